The van der Waals surface area contributed by atoms with Crippen LogP contribution in [0, 0.1) is 6.92 Å². The molecule has 27 heavy (non-hydrogen) atoms. The molecule has 0 aliphatic carbocycles. The molecule has 0 aliphatic heterocycles. The van der Waals surface area contributed by atoms with Gasteiger partial charge in [-0.05, 0) is 27.1 Å². The van der Waals surface area contributed by atoms with Gasteiger partial charge in [-0.25, -0.2) is 0 Å². The fourth-order valence-corrected chi connectivity index (χ4v) is 3.96. The second-order valence-electron chi connectivity index (χ2n) is 9.08. The van der Waals surface area contributed by atoms with Crippen LogP contribution in [-0.4, -0.2) is 25.5 Å². The Morgan fingerprint density at radius 3 is 0.815 bits per heavy atom. The third-order valence-corrected chi connectivity index (χ3v) is 5.86. The highest BCUT2D eigenvalue weighted by Gasteiger charge is 1.96. The molecule has 1 radical (unpaired) electrons. The summed E-state index contributed by atoms with van der Waals surface area (Å²) in [6.45, 7) is 5.17. The lowest BCUT2D eigenvalue weighted by atomic mass is 10.0. The molecule has 0 heterocycles. The molecule has 0 saturated carbocycles. The van der Waals surface area contributed by atoms with Crippen LogP contribution in [0.2, 0.25) is 0 Å². The molecular weight excluding hydrogens is 326 g/mol. The van der Waals surface area contributed by atoms with Crippen LogP contribution in [0.3, 0.4) is 0 Å². The number of hydrogen-bond acceptors (Lipinski definition) is 1. The van der Waals surface area contributed by atoms with E-state index in [4.69, 9.17) is 0 Å². The predicted molar refractivity (Wildman–Crippen MR) is 125 cm³/mol. The van der Waals surface area contributed by atoms with E-state index >= 15 is 0 Å². The summed E-state index contributed by atoms with van der Waals surface area (Å²) < 4.78 is 0. The molecule has 0 atom stereocenters. The van der Waals surface area contributed by atoms with Gasteiger partial charge in [-0.1, -0.05) is 142 Å². The molecule has 0 fully saturated rings. The lowest BCUT2D eigenvalue weighted by Gasteiger charge is -2.08. The van der Waals surface area contributed by atoms with Gasteiger partial charge in [0.25, 0.3) is 0 Å². The van der Waals surface area contributed by atoms with Crippen LogP contribution < -0.4 is 0 Å². The molecule has 0 rings (SSSR count). The van der Waals surface area contributed by atoms with Crippen LogP contribution in [0.1, 0.15) is 141 Å². The van der Waals surface area contributed by atoms with Crippen molar-refractivity contribution in [1.82, 2.24) is 4.90 Å². The van der Waals surface area contributed by atoms with Crippen molar-refractivity contribution in [2.75, 3.05) is 20.6 Å². The Kier molecular flexibility index (Phi) is 24.0. The number of hydrogen-bond donors (Lipinski definition) is 0. The molecule has 0 aromatic heterocycles. The summed E-state index contributed by atoms with van der Waals surface area (Å²) in [7, 11) is 4.35. The van der Waals surface area contributed by atoms with E-state index in [1.807, 2.05) is 0 Å². The SMILES string of the molecule is [CH2]CCCCCCCCCCCCCCCCCCCCCCCN(C)C. The van der Waals surface area contributed by atoms with Gasteiger partial charge in [-0.2, -0.15) is 0 Å². The minimum atomic E-state index is 1.12. The van der Waals surface area contributed by atoms with Gasteiger partial charge >= 0.3 is 0 Å². The van der Waals surface area contributed by atoms with Gasteiger partial charge in [0.15, 0.2) is 0 Å². The Morgan fingerprint density at radius 2 is 0.593 bits per heavy atom. The molecule has 0 bridgehead atoms. The first-order chi connectivity index (χ1) is 13.3. The zero-order valence-corrected chi connectivity index (χ0v) is 19.4. The average Bonchev–Trinajstić information content (AvgIpc) is 2.65. The summed E-state index contributed by atoms with van der Waals surface area (Å²) in [4.78, 5) is 2.30. The highest BCUT2D eigenvalue weighted by atomic mass is 15.0. The summed E-state index contributed by atoms with van der Waals surface area (Å²) in [5.74, 6) is 0. The predicted octanol–water partition coefficient (Wildman–Crippen LogP) is 8.96. The zero-order valence-electron chi connectivity index (χ0n) is 19.4. The van der Waals surface area contributed by atoms with Crippen LogP contribution in [0.25, 0.3) is 0 Å². The smallest absolute Gasteiger partial charge is 0.00248 e. The van der Waals surface area contributed by atoms with Crippen molar-refractivity contribution in [2.24, 2.45) is 0 Å². The molecule has 0 aromatic rings. The standard InChI is InChI=1S/C26H54N/c1-4-5-6-7-8-9-10-11-12-13-14-15-16-17-18-19-20-21-22-23-24-25-26-27(2)3/h1,4-26H2,2-3H3. The van der Waals surface area contributed by atoms with E-state index < -0.39 is 0 Å². The Balaban J connectivity index is 2.97. The molecule has 163 valence electrons. The summed E-state index contributed by atoms with van der Waals surface area (Å²) in [5, 5.41) is 0. The van der Waals surface area contributed by atoms with E-state index in [1.165, 1.54) is 141 Å². The minimum Gasteiger partial charge on any atom is -0.309 e. The van der Waals surface area contributed by atoms with Crippen molar-refractivity contribution in [3.8, 4) is 0 Å². The van der Waals surface area contributed by atoms with Crippen molar-refractivity contribution < 1.29 is 0 Å². The van der Waals surface area contributed by atoms with Gasteiger partial charge in [0.1, 0.15) is 0 Å². The van der Waals surface area contributed by atoms with E-state index in [-0.39, 0.29) is 0 Å². The number of unbranched alkanes of at least 4 members (excludes halogenated alkanes) is 21. The maximum atomic E-state index is 3.91. The summed E-state index contributed by atoms with van der Waals surface area (Å²) in [6.07, 6.45) is 31.7. The van der Waals surface area contributed by atoms with Crippen LogP contribution in [0.4, 0.5) is 0 Å². The molecule has 0 aromatic carbocycles. The first-order valence-electron chi connectivity index (χ1n) is 12.7. The largest absolute Gasteiger partial charge is 0.309 e. The minimum absolute atomic E-state index is 1.12. The molecule has 0 saturated heterocycles. The molecule has 0 unspecified atom stereocenters. The van der Waals surface area contributed by atoms with E-state index in [0.717, 1.165) is 6.42 Å². The lowest BCUT2D eigenvalue weighted by molar-refractivity contribution is 0.389. The molecule has 0 aliphatic rings. The third-order valence-electron chi connectivity index (χ3n) is 5.86. The van der Waals surface area contributed by atoms with Gasteiger partial charge in [0.05, 0.1) is 0 Å². The summed E-state index contributed by atoms with van der Waals surface area (Å²) in [5.41, 5.74) is 0. The topological polar surface area (TPSA) is 3.24 Å². The molecule has 0 N–H and O–H groups in total. The summed E-state index contributed by atoms with van der Waals surface area (Å²) in [6, 6.07) is 0. The highest BCUT2D eigenvalue weighted by Crippen LogP contribution is 2.15. The maximum absolute atomic E-state index is 3.91. The average molecular weight is 381 g/mol. The maximum Gasteiger partial charge on any atom is -0.00248 e. The Bertz CT molecular complexity index is 249. The van der Waals surface area contributed by atoms with Crippen LogP contribution in [0.15, 0.2) is 0 Å². The van der Waals surface area contributed by atoms with E-state index in [1.54, 1.807) is 0 Å². The van der Waals surface area contributed by atoms with Crippen molar-refractivity contribution in [3.63, 3.8) is 0 Å². The van der Waals surface area contributed by atoms with Crippen molar-refractivity contribution >= 4 is 0 Å². The monoisotopic (exact) mass is 380 g/mol. The van der Waals surface area contributed by atoms with E-state index in [2.05, 4.69) is 25.9 Å². The molecular formula is C26H54N. The van der Waals surface area contributed by atoms with Crippen LogP contribution >= 0.6 is 0 Å². The van der Waals surface area contributed by atoms with Crippen molar-refractivity contribution in [3.05, 3.63) is 6.92 Å². The lowest BCUT2D eigenvalue weighted by Crippen LogP contribution is -2.12. The Hall–Kier alpha value is -0.0400. The second kappa shape index (κ2) is 24.0. The second-order valence-corrected chi connectivity index (χ2v) is 9.08. The van der Waals surface area contributed by atoms with Gasteiger partial charge in [0, 0.05) is 0 Å². The molecule has 0 spiro atoms. The normalized spacial score (nSPS) is 11.6. The van der Waals surface area contributed by atoms with Gasteiger partial charge in [-0.3, -0.25) is 0 Å². The van der Waals surface area contributed by atoms with Gasteiger partial charge < -0.3 is 4.90 Å². The molecule has 1 heteroatoms. The summed E-state index contributed by atoms with van der Waals surface area (Å²) >= 11 is 0. The number of nitrogens with zero attached hydrogens (tertiary/aromatic N) is 1. The third kappa shape index (κ3) is 26.0. The van der Waals surface area contributed by atoms with Gasteiger partial charge in [0.2, 0.25) is 0 Å². The van der Waals surface area contributed by atoms with Crippen molar-refractivity contribution in [1.29, 1.82) is 0 Å². The molecule has 0 amide bonds. The zero-order chi connectivity index (χ0) is 19.8. The Morgan fingerprint density at radius 1 is 0.370 bits per heavy atom. The van der Waals surface area contributed by atoms with Gasteiger partial charge in [-0.15, -0.1) is 0 Å². The van der Waals surface area contributed by atoms with Crippen molar-refractivity contribution in [2.45, 2.75) is 141 Å². The first-order valence-corrected chi connectivity index (χ1v) is 12.7. The van der Waals surface area contributed by atoms with E-state index in [9.17, 15) is 0 Å². The molecule has 1 nitrogen and oxygen atoms in total. The number of rotatable bonds is 23. The fourth-order valence-electron chi connectivity index (χ4n) is 3.96. The quantitative estimate of drug-likeness (QED) is 0.160. The van der Waals surface area contributed by atoms with Crippen LogP contribution in [-0.2, 0) is 0 Å². The highest BCUT2D eigenvalue weighted by molar-refractivity contribution is 4.52. The van der Waals surface area contributed by atoms with E-state index in [0.29, 0.717) is 0 Å². The Labute approximate surface area is 174 Å². The fraction of sp³-hybridized carbons (Fsp3) is 0.962. The first kappa shape index (κ1) is 27.0. The van der Waals surface area contributed by atoms with Crippen LogP contribution in [0.5, 0.6) is 0 Å².